The van der Waals surface area contributed by atoms with Gasteiger partial charge in [0.25, 0.3) is 5.91 Å². The first-order valence-electron chi connectivity index (χ1n) is 12.8. The molecular formula is C31H25N3O3S3. The van der Waals surface area contributed by atoms with Gasteiger partial charge in [0.2, 0.25) is 11.0 Å². The Hall–Kier alpha value is -3.79. The summed E-state index contributed by atoms with van der Waals surface area (Å²) in [5.74, 6) is 0.199. The summed E-state index contributed by atoms with van der Waals surface area (Å²) in [5.41, 5.74) is 4.23. The highest BCUT2D eigenvalue weighted by Gasteiger charge is 2.54. The van der Waals surface area contributed by atoms with Crippen molar-refractivity contribution < 1.29 is 14.3 Å². The van der Waals surface area contributed by atoms with Crippen molar-refractivity contribution in [2.45, 2.75) is 23.9 Å². The van der Waals surface area contributed by atoms with E-state index in [4.69, 9.17) is 17.0 Å². The fourth-order valence-electron chi connectivity index (χ4n) is 4.90. The minimum Gasteiger partial charge on any atom is -0.469 e. The fourth-order valence-corrected chi connectivity index (χ4v) is 7.34. The van der Waals surface area contributed by atoms with Crippen LogP contribution < -0.4 is 5.32 Å². The third-order valence-corrected chi connectivity index (χ3v) is 9.21. The number of nitrogens with one attached hydrogen (secondary N) is 1. The van der Waals surface area contributed by atoms with Gasteiger partial charge in [-0.1, -0.05) is 91.0 Å². The summed E-state index contributed by atoms with van der Waals surface area (Å²) in [6, 6.07) is 28.7. The molecule has 2 atom stereocenters. The molecular weight excluding hydrogens is 559 g/mol. The van der Waals surface area contributed by atoms with Crippen LogP contribution in [-0.2, 0) is 20.7 Å². The molecule has 1 saturated heterocycles. The standard InChI is InChI=1S/C31H25N3O3S3/c35-24(18-20-10-4-1-5-11-20)33-25-29(36)34-26(23(19-40-30(25)34)28-32-16-17-39-28)31(38)37-27(21-12-6-2-7-13-21)22-14-8-3-9-15-22/h1-17,25,27,30H,18-19H2,(H,33,35)/t25-,30-/m1/s1. The van der Waals surface area contributed by atoms with Gasteiger partial charge in [0.1, 0.15) is 28.2 Å². The number of benzene rings is 3. The highest BCUT2D eigenvalue weighted by Crippen LogP contribution is 2.45. The highest BCUT2D eigenvalue weighted by molar-refractivity contribution is 8.00. The van der Waals surface area contributed by atoms with Gasteiger partial charge in [-0.3, -0.25) is 14.5 Å². The summed E-state index contributed by atoms with van der Waals surface area (Å²) in [4.78, 5) is 32.6. The molecule has 1 fully saturated rings. The van der Waals surface area contributed by atoms with Crippen molar-refractivity contribution in [1.82, 2.24) is 15.2 Å². The van der Waals surface area contributed by atoms with Gasteiger partial charge in [-0.2, -0.15) is 0 Å². The van der Waals surface area contributed by atoms with Gasteiger partial charge in [0.05, 0.1) is 6.42 Å². The first-order chi connectivity index (χ1) is 19.6. The Labute approximate surface area is 246 Å². The number of amides is 2. The summed E-state index contributed by atoms with van der Waals surface area (Å²) in [7, 11) is 0. The number of hydrogen-bond donors (Lipinski definition) is 1. The topological polar surface area (TPSA) is 71.5 Å². The van der Waals surface area contributed by atoms with Crippen molar-refractivity contribution in [3.05, 3.63) is 130 Å². The Morgan fingerprint density at radius 3 is 2.23 bits per heavy atom. The monoisotopic (exact) mass is 583 g/mol. The predicted molar refractivity (Wildman–Crippen MR) is 163 cm³/mol. The minimum absolute atomic E-state index is 0.187. The van der Waals surface area contributed by atoms with Crippen LogP contribution in [0.4, 0.5) is 0 Å². The van der Waals surface area contributed by atoms with Crippen LogP contribution in [0.5, 0.6) is 0 Å². The predicted octanol–water partition coefficient (Wildman–Crippen LogP) is 5.63. The molecule has 3 heterocycles. The molecule has 0 bridgehead atoms. The number of thiazole rings is 1. The number of thioether (sulfide) groups is 1. The van der Waals surface area contributed by atoms with Crippen LogP contribution in [0.1, 0.15) is 27.8 Å². The number of thiocarbonyl (C=S) groups is 1. The Kier molecular flexibility index (Phi) is 7.77. The summed E-state index contributed by atoms with van der Waals surface area (Å²) in [6.45, 7) is 0. The van der Waals surface area contributed by atoms with Gasteiger partial charge in [-0.15, -0.1) is 23.1 Å². The molecule has 0 spiro atoms. The van der Waals surface area contributed by atoms with E-state index in [1.807, 2.05) is 96.4 Å². The van der Waals surface area contributed by atoms with Crippen molar-refractivity contribution in [1.29, 1.82) is 0 Å². The lowest BCUT2D eigenvalue weighted by molar-refractivity contribution is -0.145. The van der Waals surface area contributed by atoms with Crippen LogP contribution >= 0.6 is 35.3 Å². The van der Waals surface area contributed by atoms with Crippen molar-refractivity contribution >= 4 is 57.8 Å². The maximum absolute atomic E-state index is 13.6. The van der Waals surface area contributed by atoms with Gasteiger partial charge in [0.15, 0.2) is 0 Å². The maximum atomic E-state index is 13.6. The molecule has 6 nitrogen and oxygen atoms in total. The second kappa shape index (κ2) is 11.8. The summed E-state index contributed by atoms with van der Waals surface area (Å²) >= 11 is 9.03. The molecule has 0 radical (unpaired) electrons. The van der Waals surface area contributed by atoms with Crippen LogP contribution in [0.15, 0.2) is 108 Å². The van der Waals surface area contributed by atoms with Gasteiger partial charge >= 0.3 is 0 Å². The molecule has 0 aliphatic carbocycles. The second-order valence-electron chi connectivity index (χ2n) is 9.39. The maximum Gasteiger partial charge on any atom is 0.253 e. The highest BCUT2D eigenvalue weighted by atomic mass is 32.2. The fraction of sp³-hybridized carbons (Fsp3) is 0.161. The molecule has 200 valence electrons. The SMILES string of the molecule is O=C(Cc1ccccc1)N[C@@H]1C(=O)N2C(C(=S)OC(c3ccccc3)c3ccccc3)=C(c3nccs3)CS[C@H]12. The van der Waals surface area contributed by atoms with E-state index in [2.05, 4.69) is 10.3 Å². The number of carbonyl (C=O) groups excluding carboxylic acids is 2. The number of carbonyl (C=O) groups is 2. The molecule has 3 aromatic carbocycles. The van der Waals surface area contributed by atoms with Crippen LogP contribution in [-0.4, -0.2) is 43.9 Å². The van der Waals surface area contributed by atoms with E-state index in [0.717, 1.165) is 27.3 Å². The van der Waals surface area contributed by atoms with E-state index in [1.165, 1.54) is 11.3 Å². The average molecular weight is 584 g/mol. The quantitative estimate of drug-likeness (QED) is 0.214. The zero-order valence-corrected chi connectivity index (χ0v) is 23.8. The molecule has 9 heteroatoms. The second-order valence-corrected chi connectivity index (χ2v) is 11.8. The normalized spacial score (nSPS) is 18.2. The van der Waals surface area contributed by atoms with Crippen molar-refractivity contribution in [2.75, 3.05) is 5.75 Å². The largest absolute Gasteiger partial charge is 0.469 e. The lowest BCUT2D eigenvalue weighted by Crippen LogP contribution is -2.70. The van der Waals surface area contributed by atoms with E-state index in [0.29, 0.717) is 11.4 Å². The zero-order chi connectivity index (χ0) is 27.5. The smallest absolute Gasteiger partial charge is 0.253 e. The van der Waals surface area contributed by atoms with Gasteiger partial charge in [-0.05, 0) is 28.9 Å². The molecule has 2 amide bonds. The van der Waals surface area contributed by atoms with Gasteiger partial charge in [0, 0.05) is 22.9 Å². The third-order valence-electron chi connectivity index (χ3n) is 6.81. The van der Waals surface area contributed by atoms with Crippen molar-refractivity contribution in [2.24, 2.45) is 0 Å². The molecule has 40 heavy (non-hydrogen) atoms. The van der Waals surface area contributed by atoms with Gasteiger partial charge < -0.3 is 10.1 Å². The van der Waals surface area contributed by atoms with Gasteiger partial charge in [-0.25, -0.2) is 4.98 Å². The van der Waals surface area contributed by atoms with Crippen LogP contribution in [0.3, 0.4) is 0 Å². The molecule has 1 N–H and O–H groups in total. The Morgan fingerprint density at radius 1 is 1.00 bits per heavy atom. The van der Waals surface area contributed by atoms with Crippen LogP contribution in [0.25, 0.3) is 5.57 Å². The zero-order valence-electron chi connectivity index (χ0n) is 21.3. The first-order valence-corrected chi connectivity index (χ1v) is 15.2. The molecule has 0 saturated carbocycles. The van der Waals surface area contributed by atoms with Crippen LogP contribution in [0, 0.1) is 0 Å². The Bertz CT molecular complexity index is 1500. The lowest BCUT2D eigenvalue weighted by Gasteiger charge is -2.50. The average Bonchev–Trinajstić information content (AvgIpc) is 3.54. The molecule has 4 aromatic rings. The number of β-lactam (4-membered cyclic amide) rings is 1. The number of ether oxygens (including phenoxy) is 1. The Balaban J connectivity index is 1.28. The van der Waals surface area contributed by atoms with E-state index >= 15 is 0 Å². The first kappa shape index (κ1) is 26.4. The van der Waals surface area contributed by atoms with E-state index in [-0.39, 0.29) is 28.7 Å². The molecule has 6 rings (SSSR count). The number of fused-ring (bicyclic) bond motifs is 1. The summed E-state index contributed by atoms with van der Waals surface area (Å²) in [6.07, 6.45) is 1.50. The third kappa shape index (κ3) is 5.32. The van der Waals surface area contributed by atoms with E-state index in [1.54, 1.807) is 22.9 Å². The lowest BCUT2D eigenvalue weighted by atomic mass is 10.0. The molecule has 1 aromatic heterocycles. The number of nitrogens with zero attached hydrogens (tertiary/aromatic N) is 2. The van der Waals surface area contributed by atoms with Crippen LogP contribution in [0.2, 0.25) is 0 Å². The summed E-state index contributed by atoms with van der Waals surface area (Å²) < 4.78 is 6.55. The summed E-state index contributed by atoms with van der Waals surface area (Å²) in [5, 5.41) is 5.60. The molecule has 0 unspecified atom stereocenters. The number of aromatic nitrogens is 1. The van der Waals surface area contributed by atoms with Crippen molar-refractivity contribution in [3.63, 3.8) is 0 Å². The molecule has 2 aliphatic heterocycles. The van der Waals surface area contributed by atoms with E-state index < -0.39 is 12.1 Å². The Morgan fingerprint density at radius 2 is 1.62 bits per heavy atom. The minimum atomic E-state index is -0.629. The van der Waals surface area contributed by atoms with Crippen molar-refractivity contribution in [3.8, 4) is 0 Å². The molecule has 2 aliphatic rings. The van der Waals surface area contributed by atoms with E-state index in [9.17, 15) is 9.59 Å². The number of rotatable bonds is 8. The number of hydrogen-bond acceptors (Lipinski definition) is 7.